The molecular formula is C48H40B4F4I4O4. The van der Waals surface area contributed by atoms with Crippen molar-refractivity contribution in [3.05, 3.63) is 271 Å². The van der Waals surface area contributed by atoms with Gasteiger partial charge in [0.1, 0.15) is 0 Å². The van der Waals surface area contributed by atoms with Gasteiger partial charge in [0.05, 0.1) is 0 Å². The maximum Gasteiger partial charge on any atom is 0.357 e. The maximum atomic E-state index is 9.61. The van der Waals surface area contributed by atoms with Crippen LogP contribution in [-0.2, 0) is 0 Å². The van der Waals surface area contributed by atoms with E-state index in [-0.39, 0.29) is 84.8 Å². The molecule has 0 bridgehead atoms. The smallest absolute Gasteiger partial charge is 0.357 e. The van der Waals surface area contributed by atoms with Gasteiger partial charge in [0.25, 0.3) is 0 Å². The average Bonchev–Trinajstić information content (AvgIpc) is 3.34. The molecule has 0 amide bonds. The molecule has 0 saturated heterocycles. The topological polar surface area (TPSA) is 92.2 Å². The van der Waals surface area contributed by atoms with Crippen molar-refractivity contribution in [3.8, 4) is 0 Å². The predicted octanol–water partition coefficient (Wildman–Crippen LogP) is -5.34. The molecule has 8 aromatic carbocycles. The van der Waals surface area contributed by atoms with Gasteiger partial charge in [-0.1, -0.05) is 146 Å². The molecule has 64 heavy (non-hydrogen) atoms. The van der Waals surface area contributed by atoms with Crippen LogP contribution in [0.1, 0.15) is 0 Å². The van der Waals surface area contributed by atoms with Crippen LogP contribution in [0.15, 0.2) is 243 Å². The fraction of sp³-hybridized carbons (Fsp3) is 0. The van der Waals surface area contributed by atoms with E-state index < -0.39 is 31.0 Å². The molecular weight excluding hydrogens is 1270 g/mol. The molecule has 0 fully saturated rings. The SMILES string of the molecule is [O-][B]F.[O-][B]F.[O-][B]F.[O-][B]F.c1ccc([I+]c2ccccc2)cc1.c1ccc([I+]c2ccccc2)cc1.c1ccc([I+]c2ccccc2)cc1.c1ccc([I+]c2ccccc2)cc1. The molecule has 0 heterocycles. The van der Waals surface area contributed by atoms with E-state index in [1.807, 2.05) is 0 Å². The number of benzene rings is 8. The maximum absolute atomic E-state index is 9.61. The lowest BCUT2D eigenvalue weighted by molar-refractivity contribution is -0.597. The first-order valence-corrected chi connectivity index (χ1v) is 27.2. The molecule has 324 valence electrons. The summed E-state index contributed by atoms with van der Waals surface area (Å²) in [6.07, 6.45) is 0. The summed E-state index contributed by atoms with van der Waals surface area (Å²) in [5.74, 6) is 0. The van der Waals surface area contributed by atoms with Crippen LogP contribution in [0.3, 0.4) is 0 Å². The molecule has 0 aliphatic heterocycles. The van der Waals surface area contributed by atoms with Crippen molar-refractivity contribution in [2.75, 3.05) is 0 Å². The van der Waals surface area contributed by atoms with Crippen LogP contribution in [0.4, 0.5) is 17.3 Å². The molecule has 16 heteroatoms. The first kappa shape index (κ1) is 58.5. The highest BCUT2D eigenvalue weighted by Crippen LogP contribution is 1.89. The molecule has 0 aliphatic carbocycles. The van der Waals surface area contributed by atoms with Gasteiger partial charge in [-0.05, 0) is 97.1 Å². The number of rotatable bonds is 8. The number of halogens is 8. The van der Waals surface area contributed by atoms with Crippen molar-refractivity contribution in [1.82, 2.24) is 0 Å². The zero-order chi connectivity index (χ0) is 46.6. The first-order chi connectivity index (χ1) is 31.5. The Labute approximate surface area is 420 Å². The van der Waals surface area contributed by atoms with Crippen molar-refractivity contribution in [2.24, 2.45) is 0 Å². The third-order valence-electron chi connectivity index (χ3n) is 6.74. The van der Waals surface area contributed by atoms with Gasteiger partial charge in [0, 0.05) is 0 Å². The molecule has 4 nitrogen and oxygen atoms in total. The van der Waals surface area contributed by atoms with E-state index >= 15 is 0 Å². The second-order valence-electron chi connectivity index (χ2n) is 11.1. The number of hydrogen-bond acceptors (Lipinski definition) is 4. The Bertz CT molecular complexity index is 1700. The standard InChI is InChI=1S/4C12H10I.4BFO/c4*1-3-7-11(8-4-1)13-12-9-5-2-6-10-12;4*2-1-3/h4*1-10H;;;;/q4*+1;4*-1. The zero-order valence-corrected chi connectivity index (χ0v) is 42.7. The molecule has 0 saturated carbocycles. The summed E-state index contributed by atoms with van der Waals surface area (Å²) in [4.78, 5) is 0. The molecule has 4 radical (unpaired) electrons. The Morgan fingerprint density at radius 3 is 0.359 bits per heavy atom. The Balaban J connectivity index is 0.000000393. The molecule has 0 spiro atoms. The van der Waals surface area contributed by atoms with E-state index in [2.05, 4.69) is 243 Å². The third-order valence-corrected chi connectivity index (χ3v) is 17.5. The fourth-order valence-corrected chi connectivity index (χ4v) is 13.4. The van der Waals surface area contributed by atoms with E-state index in [0.29, 0.717) is 0 Å². The predicted molar refractivity (Wildman–Crippen MR) is 229 cm³/mol. The third kappa shape index (κ3) is 33.0. The van der Waals surface area contributed by atoms with Crippen LogP contribution in [-0.4, -0.2) is 31.0 Å². The van der Waals surface area contributed by atoms with Crippen molar-refractivity contribution in [1.29, 1.82) is 0 Å². The lowest BCUT2D eigenvalue weighted by Crippen LogP contribution is -3.61. The van der Waals surface area contributed by atoms with Crippen molar-refractivity contribution in [2.45, 2.75) is 0 Å². The summed E-state index contributed by atoms with van der Waals surface area (Å²) < 4.78 is 50.3. The average molecular weight is 1310 g/mol. The summed E-state index contributed by atoms with van der Waals surface area (Å²) >= 11 is 0.115. The summed E-state index contributed by atoms with van der Waals surface area (Å²) in [5.41, 5.74) is 0. The Kier molecular flexibility index (Phi) is 39.7. The normalized spacial score (nSPS) is 8.88. The zero-order valence-electron chi connectivity index (χ0n) is 34.1. The molecule has 8 aromatic rings. The highest BCUT2D eigenvalue weighted by molar-refractivity contribution is 6.12. The van der Waals surface area contributed by atoms with Crippen molar-refractivity contribution < 1.29 is 122 Å². The minimum Gasteiger partial charge on any atom is -0.857 e. The highest BCUT2D eigenvalue weighted by Gasteiger charge is 2.15. The van der Waals surface area contributed by atoms with E-state index in [1.54, 1.807) is 0 Å². The van der Waals surface area contributed by atoms with E-state index in [9.17, 15) is 17.3 Å². The Hall–Kier alpha value is -3.50. The van der Waals surface area contributed by atoms with Crippen LogP contribution in [0.2, 0.25) is 0 Å². The second kappa shape index (κ2) is 43.4. The van der Waals surface area contributed by atoms with Crippen molar-refractivity contribution in [3.63, 3.8) is 0 Å². The van der Waals surface area contributed by atoms with Gasteiger partial charge in [-0.15, -0.1) is 0 Å². The minimum atomic E-state index is -0.750. The number of hydrogen-bond donors (Lipinski definition) is 0. The van der Waals surface area contributed by atoms with Gasteiger partial charge in [0.2, 0.25) is 31.0 Å². The molecule has 8 rings (SSSR count). The summed E-state index contributed by atoms with van der Waals surface area (Å²) in [5, 5.41) is 32.6. The Morgan fingerprint density at radius 1 is 0.203 bits per heavy atom. The molecule has 0 aromatic heterocycles. The van der Waals surface area contributed by atoms with Crippen LogP contribution < -0.4 is 105 Å². The van der Waals surface area contributed by atoms with E-state index in [4.69, 9.17) is 20.1 Å². The first-order valence-electron chi connectivity index (χ1n) is 18.6. The van der Waals surface area contributed by atoms with E-state index in [0.717, 1.165) is 0 Å². The second-order valence-corrected chi connectivity index (χ2v) is 23.2. The molecule has 0 aliphatic rings. The molecule has 0 N–H and O–H groups in total. The Morgan fingerprint density at radius 2 is 0.281 bits per heavy atom. The summed E-state index contributed by atoms with van der Waals surface area (Å²) in [6, 6.07) is 85.6. The highest BCUT2D eigenvalue weighted by atomic mass is 127. The van der Waals surface area contributed by atoms with Crippen molar-refractivity contribution >= 4 is 31.0 Å². The van der Waals surface area contributed by atoms with Gasteiger partial charge in [-0.3, -0.25) is 0 Å². The van der Waals surface area contributed by atoms with Gasteiger partial charge in [-0.2, -0.15) is 0 Å². The van der Waals surface area contributed by atoms with E-state index in [1.165, 1.54) is 28.6 Å². The molecule has 0 unspecified atom stereocenters. The van der Waals surface area contributed by atoms with Gasteiger partial charge < -0.3 is 37.4 Å². The van der Waals surface area contributed by atoms with Gasteiger partial charge in [-0.25, -0.2) is 0 Å². The monoisotopic (exact) mass is 1310 g/mol. The summed E-state index contributed by atoms with van der Waals surface area (Å²) in [7, 11) is -3.00. The van der Waals surface area contributed by atoms with Gasteiger partial charge >= 0.3 is 84.8 Å². The largest absolute Gasteiger partial charge is 0.857 e. The van der Waals surface area contributed by atoms with Crippen LogP contribution in [0, 0.1) is 28.6 Å². The minimum absolute atomic E-state index is 0.0287. The summed E-state index contributed by atoms with van der Waals surface area (Å²) in [6.45, 7) is 0. The van der Waals surface area contributed by atoms with Gasteiger partial charge in [0.15, 0.2) is 28.6 Å². The van der Waals surface area contributed by atoms with Crippen LogP contribution in [0.25, 0.3) is 0 Å². The fourth-order valence-electron chi connectivity index (χ4n) is 4.33. The van der Waals surface area contributed by atoms with Crippen LogP contribution in [0.5, 0.6) is 0 Å². The quantitative estimate of drug-likeness (QED) is 0.0866. The molecule has 0 atom stereocenters. The van der Waals surface area contributed by atoms with Crippen LogP contribution >= 0.6 is 0 Å². The lowest BCUT2D eigenvalue weighted by Gasteiger charge is -1.84. The lowest BCUT2D eigenvalue weighted by atomic mass is 10.4.